The van der Waals surface area contributed by atoms with Crippen molar-refractivity contribution in [1.82, 2.24) is 14.5 Å². The Labute approximate surface area is 189 Å². The first-order chi connectivity index (χ1) is 14.9. The van der Waals surface area contributed by atoms with E-state index in [1.165, 1.54) is 22.0 Å². The standard InChI is InChI=1S/C23H31N3O3S2/c1-18-6-8-20(9-7-18)31(28,29)26-14-10-19(11-15-26)23(27)24-17-21(22-5-4-16-30-22)25-12-2-3-13-25/h4-9,16,19,21H,2-3,10-15,17H2,1H3,(H,24,27)/t21-/m1/s1. The molecule has 2 aliphatic heterocycles. The first-order valence-corrected chi connectivity index (χ1v) is 13.4. The summed E-state index contributed by atoms with van der Waals surface area (Å²) in [7, 11) is -3.50. The van der Waals surface area contributed by atoms with Gasteiger partial charge in [-0.1, -0.05) is 23.8 Å². The Morgan fingerprint density at radius 3 is 2.39 bits per heavy atom. The maximum Gasteiger partial charge on any atom is 0.243 e. The lowest BCUT2D eigenvalue weighted by Crippen LogP contribution is -2.44. The third kappa shape index (κ3) is 5.19. The molecule has 6 nitrogen and oxygen atoms in total. The molecular weight excluding hydrogens is 430 g/mol. The summed E-state index contributed by atoms with van der Waals surface area (Å²) in [6.45, 7) is 5.47. The topological polar surface area (TPSA) is 69.7 Å². The molecule has 0 spiro atoms. The third-order valence-electron chi connectivity index (χ3n) is 6.41. The lowest BCUT2D eigenvalue weighted by Gasteiger charge is -2.32. The highest BCUT2D eigenvalue weighted by Gasteiger charge is 2.33. The molecule has 1 N–H and O–H groups in total. The largest absolute Gasteiger partial charge is 0.354 e. The molecule has 0 bridgehead atoms. The maximum absolute atomic E-state index is 12.9. The van der Waals surface area contributed by atoms with Crippen LogP contribution in [0.15, 0.2) is 46.7 Å². The van der Waals surface area contributed by atoms with E-state index >= 15 is 0 Å². The van der Waals surface area contributed by atoms with Crippen molar-refractivity contribution in [3.05, 3.63) is 52.2 Å². The Hall–Kier alpha value is -1.74. The summed E-state index contributed by atoms with van der Waals surface area (Å²) in [6.07, 6.45) is 3.54. The number of nitrogens with one attached hydrogen (secondary N) is 1. The lowest BCUT2D eigenvalue weighted by molar-refractivity contribution is -0.126. The van der Waals surface area contributed by atoms with E-state index in [4.69, 9.17) is 0 Å². The smallest absolute Gasteiger partial charge is 0.243 e. The summed E-state index contributed by atoms with van der Waals surface area (Å²) < 4.78 is 27.3. The van der Waals surface area contributed by atoms with Crippen molar-refractivity contribution in [1.29, 1.82) is 0 Å². The summed E-state index contributed by atoms with van der Waals surface area (Å²) in [5.41, 5.74) is 1.03. The summed E-state index contributed by atoms with van der Waals surface area (Å²) in [5.74, 6) is -0.0832. The minimum absolute atomic E-state index is 0.0492. The van der Waals surface area contributed by atoms with Crippen LogP contribution in [0.4, 0.5) is 0 Å². The number of hydrogen-bond donors (Lipinski definition) is 1. The second-order valence-corrected chi connectivity index (χ2v) is 11.4. The number of benzene rings is 1. The highest BCUT2D eigenvalue weighted by atomic mass is 32.2. The van der Waals surface area contributed by atoms with Crippen molar-refractivity contribution in [2.45, 2.75) is 43.5 Å². The quantitative estimate of drug-likeness (QED) is 0.686. The van der Waals surface area contributed by atoms with Gasteiger partial charge < -0.3 is 5.32 Å². The van der Waals surface area contributed by atoms with Gasteiger partial charge in [0.1, 0.15) is 0 Å². The highest BCUT2D eigenvalue weighted by molar-refractivity contribution is 7.89. The van der Waals surface area contributed by atoms with E-state index in [1.807, 2.05) is 19.1 Å². The number of sulfonamides is 1. The molecule has 0 aliphatic carbocycles. The van der Waals surface area contributed by atoms with E-state index < -0.39 is 10.0 Å². The van der Waals surface area contributed by atoms with E-state index in [0.29, 0.717) is 37.4 Å². The van der Waals surface area contributed by atoms with Crippen LogP contribution in [0, 0.1) is 12.8 Å². The first kappa shape index (κ1) is 22.5. The van der Waals surface area contributed by atoms with Crippen LogP contribution in [0.2, 0.25) is 0 Å². The van der Waals surface area contributed by atoms with E-state index in [2.05, 4.69) is 27.7 Å². The van der Waals surface area contributed by atoms with Crippen molar-refractivity contribution in [3.8, 4) is 0 Å². The number of rotatable bonds is 7. The number of piperidine rings is 1. The van der Waals surface area contributed by atoms with Crippen LogP contribution in [-0.4, -0.2) is 56.3 Å². The summed E-state index contributed by atoms with van der Waals surface area (Å²) in [4.78, 5) is 16.9. The lowest BCUT2D eigenvalue weighted by atomic mass is 9.97. The van der Waals surface area contributed by atoms with Gasteiger partial charge in [0.05, 0.1) is 10.9 Å². The molecule has 31 heavy (non-hydrogen) atoms. The van der Waals surface area contributed by atoms with Gasteiger partial charge in [-0.15, -0.1) is 11.3 Å². The number of carbonyl (C=O) groups is 1. The Morgan fingerprint density at radius 1 is 1.10 bits per heavy atom. The van der Waals surface area contributed by atoms with Crippen LogP contribution in [0.25, 0.3) is 0 Å². The molecule has 1 aromatic heterocycles. The summed E-state index contributed by atoms with van der Waals surface area (Å²) >= 11 is 1.74. The number of amides is 1. The fraction of sp³-hybridized carbons (Fsp3) is 0.522. The summed E-state index contributed by atoms with van der Waals surface area (Å²) in [5, 5.41) is 5.25. The average molecular weight is 462 g/mol. The average Bonchev–Trinajstić information content (AvgIpc) is 3.49. The van der Waals surface area contributed by atoms with E-state index in [1.54, 1.807) is 23.5 Å². The molecule has 0 radical (unpaired) electrons. The third-order valence-corrected chi connectivity index (χ3v) is 9.29. The Bertz CT molecular complexity index is 960. The minimum atomic E-state index is -3.50. The maximum atomic E-state index is 12.9. The number of aryl methyl sites for hydroxylation is 1. The molecule has 4 rings (SSSR count). The zero-order valence-electron chi connectivity index (χ0n) is 18.0. The molecule has 0 saturated carbocycles. The molecule has 2 aliphatic rings. The Balaban J connectivity index is 1.32. The second kappa shape index (κ2) is 9.81. The van der Waals surface area contributed by atoms with Gasteiger partial charge in [-0.2, -0.15) is 4.31 Å². The van der Waals surface area contributed by atoms with Gasteiger partial charge >= 0.3 is 0 Å². The normalized spacial score (nSPS) is 20.0. The van der Waals surface area contributed by atoms with Crippen LogP contribution < -0.4 is 5.32 Å². The van der Waals surface area contributed by atoms with Gasteiger partial charge in [-0.05, 0) is 69.3 Å². The molecule has 1 amide bonds. The fourth-order valence-corrected chi connectivity index (χ4v) is 6.83. The Kier molecular flexibility index (Phi) is 7.11. The minimum Gasteiger partial charge on any atom is -0.354 e. The van der Waals surface area contributed by atoms with Gasteiger partial charge in [0.15, 0.2) is 0 Å². The molecule has 2 fully saturated rings. The van der Waals surface area contributed by atoms with E-state index in [0.717, 1.165) is 18.7 Å². The van der Waals surface area contributed by atoms with Crippen LogP contribution in [-0.2, 0) is 14.8 Å². The highest BCUT2D eigenvalue weighted by Crippen LogP contribution is 2.29. The van der Waals surface area contributed by atoms with Gasteiger partial charge in [-0.3, -0.25) is 9.69 Å². The molecule has 2 aromatic rings. The fourth-order valence-electron chi connectivity index (χ4n) is 4.50. The van der Waals surface area contributed by atoms with Crippen LogP contribution in [0.5, 0.6) is 0 Å². The molecule has 0 unspecified atom stereocenters. The molecule has 3 heterocycles. The van der Waals surface area contributed by atoms with Crippen molar-refractivity contribution in [2.75, 3.05) is 32.7 Å². The van der Waals surface area contributed by atoms with Crippen LogP contribution in [0.3, 0.4) is 0 Å². The van der Waals surface area contributed by atoms with Gasteiger partial charge in [-0.25, -0.2) is 8.42 Å². The number of likely N-dealkylation sites (tertiary alicyclic amines) is 1. The summed E-state index contributed by atoms with van der Waals surface area (Å²) in [6, 6.07) is 11.4. The molecule has 168 valence electrons. The Morgan fingerprint density at radius 2 is 1.77 bits per heavy atom. The molecule has 1 aromatic carbocycles. The zero-order chi connectivity index (χ0) is 21.8. The van der Waals surface area contributed by atoms with Crippen LogP contribution >= 0.6 is 11.3 Å². The van der Waals surface area contributed by atoms with Crippen molar-refractivity contribution >= 4 is 27.3 Å². The zero-order valence-corrected chi connectivity index (χ0v) is 19.6. The number of carbonyl (C=O) groups excluding carboxylic acids is 1. The monoisotopic (exact) mass is 461 g/mol. The van der Waals surface area contributed by atoms with Gasteiger partial charge in [0, 0.05) is 30.4 Å². The first-order valence-electron chi connectivity index (χ1n) is 11.1. The number of thiophene rings is 1. The molecule has 1 atom stereocenters. The molecular formula is C23H31N3O3S2. The molecule has 2 saturated heterocycles. The predicted molar refractivity (Wildman–Crippen MR) is 124 cm³/mol. The number of nitrogens with zero attached hydrogens (tertiary/aromatic N) is 2. The SMILES string of the molecule is Cc1ccc(S(=O)(=O)N2CCC(C(=O)NC[C@H](c3cccs3)N3CCCC3)CC2)cc1. The molecule has 8 heteroatoms. The van der Waals surface area contributed by atoms with E-state index in [-0.39, 0.29) is 17.9 Å². The predicted octanol–water partition coefficient (Wildman–Crippen LogP) is 3.41. The van der Waals surface area contributed by atoms with Crippen LogP contribution in [0.1, 0.15) is 42.2 Å². The van der Waals surface area contributed by atoms with Gasteiger partial charge in [0.25, 0.3) is 0 Å². The van der Waals surface area contributed by atoms with Crippen molar-refractivity contribution in [3.63, 3.8) is 0 Å². The van der Waals surface area contributed by atoms with Gasteiger partial charge in [0.2, 0.25) is 15.9 Å². The number of hydrogen-bond acceptors (Lipinski definition) is 5. The van der Waals surface area contributed by atoms with E-state index in [9.17, 15) is 13.2 Å². The second-order valence-electron chi connectivity index (χ2n) is 8.51. The van der Waals surface area contributed by atoms with Crippen molar-refractivity contribution < 1.29 is 13.2 Å². The van der Waals surface area contributed by atoms with Crippen molar-refractivity contribution in [2.24, 2.45) is 5.92 Å².